The molecule has 8 nitrogen and oxygen atoms in total. The zero-order valence-corrected chi connectivity index (χ0v) is 19.5. The minimum atomic E-state index is -0.879. The topological polar surface area (TPSA) is 88.8 Å². The van der Waals surface area contributed by atoms with E-state index < -0.39 is 29.6 Å². The number of hydrogen-bond donors (Lipinski definition) is 1. The number of thioether (sulfide) groups is 1. The van der Waals surface area contributed by atoms with Crippen molar-refractivity contribution in [3.8, 4) is 0 Å². The summed E-state index contributed by atoms with van der Waals surface area (Å²) >= 11 is 1.63. The maximum atomic E-state index is 12.8. The Morgan fingerprint density at radius 3 is 2.56 bits per heavy atom. The van der Waals surface area contributed by atoms with Crippen molar-refractivity contribution in [1.82, 2.24) is 4.90 Å². The highest BCUT2D eigenvalue weighted by Gasteiger charge is 2.42. The summed E-state index contributed by atoms with van der Waals surface area (Å²) in [4.78, 5) is 43.6. The van der Waals surface area contributed by atoms with Crippen LogP contribution in [0.15, 0.2) is 53.7 Å². The summed E-state index contributed by atoms with van der Waals surface area (Å²) in [6.07, 6.45) is 1.46. The van der Waals surface area contributed by atoms with E-state index in [9.17, 15) is 14.4 Å². The lowest BCUT2D eigenvalue weighted by atomic mass is 10.2. The molecule has 2 heterocycles. The molecule has 2 aromatic rings. The predicted octanol–water partition coefficient (Wildman–Crippen LogP) is 3.19. The number of carbonyl (C=O) groups is 3. The number of nitrogens with zero attached hydrogens (tertiary/aromatic N) is 2. The number of ether oxygens (including phenoxy) is 1. The van der Waals surface area contributed by atoms with Crippen LogP contribution in [-0.4, -0.2) is 41.6 Å². The summed E-state index contributed by atoms with van der Waals surface area (Å²) in [5, 5.41) is 3.77. The lowest BCUT2D eigenvalue weighted by Crippen LogP contribution is -2.47. The Morgan fingerprint density at radius 1 is 1.19 bits per heavy atom. The second-order valence-electron chi connectivity index (χ2n) is 8.32. The van der Waals surface area contributed by atoms with Gasteiger partial charge in [0.1, 0.15) is 18.8 Å². The van der Waals surface area contributed by atoms with Gasteiger partial charge in [0.05, 0.1) is 0 Å². The smallest absolute Gasteiger partial charge is 0.417 e. The SMILES string of the molecule is CO[n+]1ccccc1SCc1ccc(NC(=O)C2CCC(=O)N2C(=O)OC(C)(C)C)cc1. The number of carbonyl (C=O) groups excluding carboxylic acids is 3. The maximum Gasteiger partial charge on any atom is 0.417 e. The standard InChI is InChI=1S/C23H27N3O5S/c1-23(2,3)31-22(29)26-18(12-13-19(26)27)21(28)24-17-10-8-16(9-11-17)15-32-20-7-5-6-14-25(20)30-4/h5-11,14,18H,12-13,15H2,1-4H3/p+1. The van der Waals surface area contributed by atoms with Crippen molar-refractivity contribution < 1.29 is 28.7 Å². The summed E-state index contributed by atoms with van der Waals surface area (Å²) < 4.78 is 6.98. The van der Waals surface area contributed by atoms with E-state index in [-0.39, 0.29) is 12.8 Å². The summed E-state index contributed by atoms with van der Waals surface area (Å²) in [5.74, 6) is -0.0826. The van der Waals surface area contributed by atoms with Gasteiger partial charge >= 0.3 is 6.09 Å². The minimum absolute atomic E-state index is 0.133. The molecule has 0 saturated carbocycles. The third kappa shape index (κ3) is 6.00. The van der Waals surface area contributed by atoms with Crippen molar-refractivity contribution in [3.05, 3.63) is 54.2 Å². The number of imide groups is 1. The average molecular weight is 459 g/mol. The Hall–Kier alpha value is -3.07. The van der Waals surface area contributed by atoms with Gasteiger partial charge in [-0.05, 0) is 62.7 Å². The van der Waals surface area contributed by atoms with Gasteiger partial charge in [-0.3, -0.25) is 14.4 Å². The number of pyridine rings is 1. The van der Waals surface area contributed by atoms with Gasteiger partial charge in [0.2, 0.25) is 18.0 Å². The lowest BCUT2D eigenvalue weighted by molar-refractivity contribution is -0.913. The number of hydrogen-bond acceptors (Lipinski definition) is 6. The second-order valence-corrected chi connectivity index (χ2v) is 9.32. The van der Waals surface area contributed by atoms with E-state index in [1.54, 1.807) is 56.5 Å². The fourth-order valence-electron chi connectivity index (χ4n) is 3.21. The molecular formula is C23H28N3O5S+. The van der Waals surface area contributed by atoms with E-state index in [2.05, 4.69) is 5.32 Å². The number of aromatic nitrogens is 1. The molecular weight excluding hydrogens is 430 g/mol. The Morgan fingerprint density at radius 2 is 1.91 bits per heavy atom. The summed E-state index contributed by atoms with van der Waals surface area (Å²) in [6, 6.07) is 12.4. The Balaban J connectivity index is 1.60. The quantitative estimate of drug-likeness (QED) is 0.528. The van der Waals surface area contributed by atoms with Crippen molar-refractivity contribution in [1.29, 1.82) is 0 Å². The fourth-order valence-corrected chi connectivity index (χ4v) is 4.16. The molecule has 1 aliphatic rings. The highest BCUT2D eigenvalue weighted by Crippen LogP contribution is 2.24. The van der Waals surface area contributed by atoms with Crippen LogP contribution in [0.1, 0.15) is 39.2 Å². The zero-order valence-electron chi connectivity index (χ0n) is 18.7. The Labute approximate surface area is 191 Å². The van der Waals surface area contributed by atoms with Gasteiger partial charge < -0.3 is 10.1 Å². The van der Waals surface area contributed by atoms with Crippen molar-refractivity contribution in [2.24, 2.45) is 0 Å². The number of benzene rings is 1. The molecule has 0 spiro atoms. The second kappa shape index (κ2) is 10.0. The molecule has 1 N–H and O–H groups in total. The van der Waals surface area contributed by atoms with Gasteiger partial charge in [-0.15, -0.1) is 0 Å². The third-order valence-electron chi connectivity index (χ3n) is 4.70. The van der Waals surface area contributed by atoms with Crippen LogP contribution in [0.25, 0.3) is 0 Å². The molecule has 0 radical (unpaired) electrons. The third-order valence-corrected chi connectivity index (χ3v) is 5.79. The van der Waals surface area contributed by atoms with Crippen LogP contribution in [0, 0.1) is 0 Å². The molecule has 170 valence electrons. The molecule has 3 rings (SSSR count). The van der Waals surface area contributed by atoms with Crippen molar-refractivity contribution in [3.63, 3.8) is 0 Å². The molecule has 1 atom stereocenters. The van der Waals surface area contributed by atoms with Gasteiger partial charge in [0.15, 0.2) is 0 Å². The van der Waals surface area contributed by atoms with Crippen molar-refractivity contribution in [2.75, 3.05) is 12.4 Å². The number of rotatable bonds is 6. The van der Waals surface area contributed by atoms with Gasteiger partial charge in [0, 0.05) is 34.7 Å². The van der Waals surface area contributed by atoms with Crippen molar-refractivity contribution >= 4 is 35.4 Å². The summed E-state index contributed by atoms with van der Waals surface area (Å²) in [5.41, 5.74) is 0.918. The predicted molar refractivity (Wildman–Crippen MR) is 120 cm³/mol. The maximum absolute atomic E-state index is 12.8. The molecule has 1 aliphatic heterocycles. The largest absolute Gasteiger partial charge is 0.443 e. The van der Waals surface area contributed by atoms with Crippen LogP contribution in [0.5, 0.6) is 0 Å². The van der Waals surface area contributed by atoms with Crippen LogP contribution < -0.4 is 14.9 Å². The van der Waals surface area contributed by atoms with E-state index >= 15 is 0 Å². The minimum Gasteiger partial charge on any atom is -0.443 e. The molecule has 3 amide bonds. The number of likely N-dealkylation sites (tertiary alicyclic amines) is 1. The van der Waals surface area contributed by atoms with Gasteiger partial charge in [-0.1, -0.05) is 12.1 Å². The van der Waals surface area contributed by atoms with Crippen LogP contribution >= 0.6 is 11.8 Å². The molecule has 1 fully saturated rings. The van der Waals surface area contributed by atoms with Crippen LogP contribution in [0.3, 0.4) is 0 Å². The molecule has 1 aromatic carbocycles. The first-order chi connectivity index (χ1) is 15.2. The van der Waals surface area contributed by atoms with Crippen LogP contribution in [0.2, 0.25) is 0 Å². The summed E-state index contributed by atoms with van der Waals surface area (Å²) in [6.45, 7) is 5.15. The molecule has 1 unspecified atom stereocenters. The molecule has 32 heavy (non-hydrogen) atoms. The molecule has 1 aromatic heterocycles. The van der Waals surface area contributed by atoms with Crippen molar-refractivity contribution in [2.45, 2.75) is 56.0 Å². The summed E-state index contributed by atoms with van der Waals surface area (Å²) in [7, 11) is 1.61. The molecule has 9 heteroatoms. The number of nitrogens with one attached hydrogen (secondary N) is 1. The monoisotopic (exact) mass is 458 g/mol. The van der Waals surface area contributed by atoms with E-state index in [0.717, 1.165) is 21.2 Å². The highest BCUT2D eigenvalue weighted by molar-refractivity contribution is 7.98. The Kier molecular flexibility index (Phi) is 7.40. The van der Waals surface area contributed by atoms with Gasteiger partial charge in [-0.2, -0.15) is 0 Å². The highest BCUT2D eigenvalue weighted by atomic mass is 32.2. The fraction of sp³-hybridized carbons (Fsp3) is 0.391. The van der Waals surface area contributed by atoms with Gasteiger partial charge in [0.25, 0.3) is 5.03 Å². The van der Waals surface area contributed by atoms with E-state index in [1.807, 2.05) is 36.5 Å². The lowest BCUT2D eigenvalue weighted by Gasteiger charge is -2.26. The first-order valence-electron chi connectivity index (χ1n) is 10.3. The number of anilines is 1. The normalized spacial score (nSPS) is 16.1. The van der Waals surface area contributed by atoms with Crippen LogP contribution in [-0.2, 0) is 20.1 Å². The van der Waals surface area contributed by atoms with Gasteiger partial charge in [-0.25, -0.2) is 9.69 Å². The van der Waals surface area contributed by atoms with E-state index in [1.165, 1.54) is 0 Å². The zero-order chi connectivity index (χ0) is 23.3. The first-order valence-corrected chi connectivity index (χ1v) is 11.3. The average Bonchev–Trinajstić information content (AvgIpc) is 3.14. The molecule has 1 saturated heterocycles. The molecule has 0 aliphatic carbocycles. The first kappa shape index (κ1) is 23.6. The number of amides is 3. The van der Waals surface area contributed by atoms with E-state index in [0.29, 0.717) is 5.69 Å². The Bertz CT molecular complexity index is 988. The van der Waals surface area contributed by atoms with E-state index in [4.69, 9.17) is 9.57 Å². The van der Waals surface area contributed by atoms with Crippen LogP contribution in [0.4, 0.5) is 10.5 Å². The molecule has 0 bridgehead atoms.